The number of hydrogen-bond acceptors (Lipinski definition) is 5. The number of ketones is 1. The largest absolute Gasteiger partial charge is 0.496 e. The number of aromatic nitrogens is 1. The Kier molecular flexibility index (Phi) is 4.91. The molecule has 20 heavy (non-hydrogen) atoms. The molecule has 6 heteroatoms. The standard InChI is InChI=1S/C14H15BrN2O2S/c1-8(16)14-17-11(7-20-14)12(18)6-9-5-10(15)3-4-13(9)19-2/h3-5,7-8H,6,16H2,1-2H3. The van der Waals surface area contributed by atoms with E-state index in [2.05, 4.69) is 20.9 Å². The Balaban J connectivity index is 2.20. The fourth-order valence-corrected chi connectivity index (χ4v) is 2.96. The predicted molar refractivity (Wildman–Crippen MR) is 83.4 cm³/mol. The van der Waals surface area contributed by atoms with Crippen LogP contribution in [0, 0.1) is 0 Å². The first-order chi connectivity index (χ1) is 9.51. The number of carbonyl (C=O) groups is 1. The SMILES string of the molecule is COc1ccc(Br)cc1CC(=O)c1csc(C(C)N)n1. The summed E-state index contributed by atoms with van der Waals surface area (Å²) in [5.74, 6) is 0.661. The number of halogens is 1. The van der Waals surface area contributed by atoms with Crippen molar-refractivity contribution in [3.8, 4) is 5.75 Å². The van der Waals surface area contributed by atoms with Gasteiger partial charge in [-0.2, -0.15) is 0 Å². The summed E-state index contributed by atoms with van der Waals surface area (Å²) in [6, 6.07) is 5.45. The number of thiazole rings is 1. The summed E-state index contributed by atoms with van der Waals surface area (Å²) < 4.78 is 6.18. The molecule has 0 saturated carbocycles. The quantitative estimate of drug-likeness (QED) is 0.836. The highest BCUT2D eigenvalue weighted by Gasteiger charge is 2.15. The van der Waals surface area contributed by atoms with Crippen LogP contribution in [0.1, 0.15) is 34.0 Å². The number of Topliss-reactive ketones (excluding diaryl/α,β-unsaturated/α-hetero) is 1. The highest BCUT2D eigenvalue weighted by atomic mass is 79.9. The minimum absolute atomic E-state index is 0.0375. The Morgan fingerprint density at radius 2 is 2.30 bits per heavy atom. The van der Waals surface area contributed by atoms with E-state index >= 15 is 0 Å². The zero-order chi connectivity index (χ0) is 14.7. The zero-order valence-electron chi connectivity index (χ0n) is 11.2. The lowest BCUT2D eigenvalue weighted by Crippen LogP contribution is -2.08. The van der Waals surface area contributed by atoms with Crippen molar-refractivity contribution in [3.63, 3.8) is 0 Å². The smallest absolute Gasteiger partial charge is 0.186 e. The van der Waals surface area contributed by atoms with E-state index in [-0.39, 0.29) is 18.2 Å². The van der Waals surface area contributed by atoms with Gasteiger partial charge >= 0.3 is 0 Å². The Morgan fingerprint density at radius 1 is 1.55 bits per heavy atom. The highest BCUT2D eigenvalue weighted by Crippen LogP contribution is 2.25. The maximum atomic E-state index is 12.3. The van der Waals surface area contributed by atoms with Crippen molar-refractivity contribution >= 4 is 33.0 Å². The van der Waals surface area contributed by atoms with Crippen molar-refractivity contribution in [2.75, 3.05) is 7.11 Å². The normalized spacial score (nSPS) is 12.2. The molecule has 1 unspecified atom stereocenters. The summed E-state index contributed by atoms with van der Waals surface area (Å²) in [4.78, 5) is 16.5. The van der Waals surface area contributed by atoms with Crippen molar-refractivity contribution in [2.45, 2.75) is 19.4 Å². The van der Waals surface area contributed by atoms with Gasteiger partial charge < -0.3 is 10.5 Å². The molecular formula is C14H15BrN2O2S. The Hall–Kier alpha value is -1.24. The first-order valence-corrected chi connectivity index (χ1v) is 7.75. The van der Waals surface area contributed by atoms with E-state index in [4.69, 9.17) is 10.5 Å². The summed E-state index contributed by atoms with van der Waals surface area (Å²) in [5.41, 5.74) is 7.05. The zero-order valence-corrected chi connectivity index (χ0v) is 13.6. The summed E-state index contributed by atoms with van der Waals surface area (Å²) in [7, 11) is 1.59. The molecule has 0 aliphatic rings. The molecule has 0 amide bonds. The first kappa shape index (κ1) is 15.2. The van der Waals surface area contributed by atoms with Gasteiger partial charge in [0.2, 0.25) is 0 Å². The van der Waals surface area contributed by atoms with Crippen LogP contribution in [-0.4, -0.2) is 17.9 Å². The molecule has 1 heterocycles. The van der Waals surface area contributed by atoms with Gasteiger partial charge in [-0.15, -0.1) is 11.3 Å². The second kappa shape index (κ2) is 6.47. The van der Waals surface area contributed by atoms with E-state index in [1.165, 1.54) is 11.3 Å². The maximum absolute atomic E-state index is 12.3. The fraction of sp³-hybridized carbons (Fsp3) is 0.286. The molecule has 2 N–H and O–H groups in total. The van der Waals surface area contributed by atoms with Crippen LogP contribution in [-0.2, 0) is 6.42 Å². The summed E-state index contributed by atoms with van der Waals surface area (Å²) in [6.45, 7) is 1.85. The van der Waals surface area contributed by atoms with Gasteiger partial charge in [0.25, 0.3) is 0 Å². The Morgan fingerprint density at radius 3 is 2.90 bits per heavy atom. The van der Waals surface area contributed by atoms with Crippen molar-refractivity contribution < 1.29 is 9.53 Å². The number of nitrogens with zero attached hydrogens (tertiary/aromatic N) is 1. The molecule has 0 radical (unpaired) electrons. The van der Waals surface area contributed by atoms with E-state index in [9.17, 15) is 4.79 Å². The van der Waals surface area contributed by atoms with Crippen LogP contribution >= 0.6 is 27.3 Å². The summed E-state index contributed by atoms with van der Waals surface area (Å²) in [6.07, 6.45) is 0.255. The van der Waals surface area contributed by atoms with Gasteiger partial charge in [0.05, 0.1) is 13.2 Å². The number of methoxy groups -OCH3 is 1. The number of carbonyl (C=O) groups excluding carboxylic acids is 1. The van der Waals surface area contributed by atoms with Gasteiger partial charge in [-0.3, -0.25) is 4.79 Å². The van der Waals surface area contributed by atoms with E-state index in [0.29, 0.717) is 11.4 Å². The van der Waals surface area contributed by atoms with Crippen LogP contribution < -0.4 is 10.5 Å². The molecule has 1 aromatic carbocycles. The van der Waals surface area contributed by atoms with Gasteiger partial charge in [0, 0.05) is 21.8 Å². The number of hydrogen-bond donors (Lipinski definition) is 1. The molecular weight excluding hydrogens is 340 g/mol. The molecule has 0 spiro atoms. The van der Waals surface area contributed by atoms with Crippen LogP contribution in [0.5, 0.6) is 5.75 Å². The number of benzene rings is 1. The number of nitrogens with two attached hydrogens (primary N) is 1. The van der Waals surface area contributed by atoms with Crippen LogP contribution in [0.25, 0.3) is 0 Å². The van der Waals surface area contributed by atoms with E-state index in [1.807, 2.05) is 25.1 Å². The van der Waals surface area contributed by atoms with E-state index in [0.717, 1.165) is 15.0 Å². The highest BCUT2D eigenvalue weighted by molar-refractivity contribution is 9.10. The minimum atomic E-state index is -0.151. The van der Waals surface area contributed by atoms with E-state index < -0.39 is 0 Å². The van der Waals surface area contributed by atoms with Crippen LogP contribution in [0.2, 0.25) is 0 Å². The molecule has 1 aromatic heterocycles. The monoisotopic (exact) mass is 354 g/mol. The van der Waals surface area contributed by atoms with Gasteiger partial charge in [0.1, 0.15) is 16.5 Å². The third kappa shape index (κ3) is 3.45. The molecule has 0 saturated heterocycles. The molecule has 106 valence electrons. The van der Waals surface area contributed by atoms with Crippen molar-refractivity contribution in [1.29, 1.82) is 0 Å². The topological polar surface area (TPSA) is 65.2 Å². The predicted octanol–water partition coefficient (Wildman–Crippen LogP) is 3.36. The Bertz CT molecular complexity index is 625. The van der Waals surface area contributed by atoms with Crippen LogP contribution in [0.15, 0.2) is 28.1 Å². The second-order valence-electron chi connectivity index (χ2n) is 4.42. The van der Waals surface area contributed by atoms with E-state index in [1.54, 1.807) is 12.5 Å². The molecule has 2 rings (SSSR count). The molecule has 2 aromatic rings. The van der Waals surface area contributed by atoms with Crippen molar-refractivity contribution in [2.24, 2.45) is 5.73 Å². The Labute approximate surface area is 130 Å². The van der Waals surface area contributed by atoms with Gasteiger partial charge in [-0.25, -0.2) is 4.98 Å². The molecule has 1 atom stereocenters. The summed E-state index contributed by atoms with van der Waals surface area (Å²) >= 11 is 4.81. The first-order valence-electron chi connectivity index (χ1n) is 6.08. The second-order valence-corrected chi connectivity index (χ2v) is 6.22. The molecule has 0 bridgehead atoms. The van der Waals surface area contributed by atoms with Crippen LogP contribution in [0.4, 0.5) is 0 Å². The number of rotatable bonds is 5. The lowest BCUT2D eigenvalue weighted by Gasteiger charge is -2.07. The molecule has 0 fully saturated rings. The van der Waals surface area contributed by atoms with Gasteiger partial charge in [-0.1, -0.05) is 15.9 Å². The average molecular weight is 355 g/mol. The fourth-order valence-electron chi connectivity index (χ4n) is 1.77. The maximum Gasteiger partial charge on any atom is 0.186 e. The lowest BCUT2D eigenvalue weighted by molar-refractivity contribution is 0.0988. The average Bonchev–Trinajstić information content (AvgIpc) is 2.89. The lowest BCUT2D eigenvalue weighted by atomic mass is 10.1. The van der Waals surface area contributed by atoms with Crippen LogP contribution in [0.3, 0.4) is 0 Å². The van der Waals surface area contributed by atoms with Gasteiger partial charge in [-0.05, 0) is 25.1 Å². The third-order valence-corrected chi connectivity index (χ3v) is 4.33. The van der Waals surface area contributed by atoms with Gasteiger partial charge in [0.15, 0.2) is 5.78 Å². The summed E-state index contributed by atoms with van der Waals surface area (Å²) in [5, 5.41) is 2.53. The minimum Gasteiger partial charge on any atom is -0.496 e. The molecule has 0 aliphatic heterocycles. The third-order valence-electron chi connectivity index (χ3n) is 2.79. The van der Waals surface area contributed by atoms with Crippen molar-refractivity contribution in [3.05, 3.63) is 44.3 Å². The number of ether oxygens (including phenoxy) is 1. The molecule has 4 nitrogen and oxygen atoms in total. The molecule has 0 aliphatic carbocycles. The van der Waals surface area contributed by atoms with Crippen molar-refractivity contribution in [1.82, 2.24) is 4.98 Å².